The molecule has 0 radical (unpaired) electrons. The Bertz CT molecular complexity index is 1280. The molecule has 0 unspecified atom stereocenters. The van der Waals surface area contributed by atoms with Gasteiger partial charge in [0.2, 0.25) is 11.9 Å². The standard InChI is InChI=1S/C28H35ClFN7O/c1-5-36(6-2)17-26(38)37-11-8-20(9-12-37)21-15-23(30)24(14-19(21)4)33-28-32-16-22(29)27(35-28)34-25-13-18(3)7-10-31-25/h7,10,13-16,20H,5-6,8-9,11-12,17H2,1-4H3,(H2,31,32,33,34,35). The lowest BCUT2D eigenvalue weighted by Gasteiger charge is -2.34. The normalized spacial score (nSPS) is 14.1. The van der Waals surface area contributed by atoms with Crippen LogP contribution < -0.4 is 10.6 Å². The van der Waals surface area contributed by atoms with Crippen molar-refractivity contribution in [1.29, 1.82) is 0 Å². The summed E-state index contributed by atoms with van der Waals surface area (Å²) in [6.07, 6.45) is 4.79. The molecular weight excluding hydrogens is 505 g/mol. The molecule has 3 aromatic rings. The first-order chi connectivity index (χ1) is 18.3. The van der Waals surface area contributed by atoms with E-state index >= 15 is 4.39 Å². The molecule has 10 heteroatoms. The van der Waals surface area contributed by atoms with Gasteiger partial charge < -0.3 is 15.5 Å². The van der Waals surface area contributed by atoms with Crippen molar-refractivity contribution in [3.63, 3.8) is 0 Å². The number of benzene rings is 1. The predicted molar refractivity (Wildman–Crippen MR) is 150 cm³/mol. The maximum atomic E-state index is 15.2. The minimum Gasteiger partial charge on any atom is -0.342 e. The van der Waals surface area contributed by atoms with E-state index < -0.39 is 0 Å². The molecule has 1 aliphatic heterocycles. The zero-order valence-corrected chi connectivity index (χ0v) is 23.1. The van der Waals surface area contributed by atoms with E-state index in [0.717, 1.165) is 42.6 Å². The van der Waals surface area contributed by atoms with Crippen LogP contribution in [0.15, 0.2) is 36.7 Å². The fraction of sp³-hybridized carbons (Fsp3) is 0.429. The van der Waals surface area contributed by atoms with Crippen molar-refractivity contribution >= 4 is 40.8 Å². The van der Waals surface area contributed by atoms with Gasteiger partial charge in [0.05, 0.1) is 18.4 Å². The Hall–Kier alpha value is -3.30. The fourth-order valence-corrected chi connectivity index (χ4v) is 4.91. The first-order valence-corrected chi connectivity index (χ1v) is 13.4. The van der Waals surface area contributed by atoms with Gasteiger partial charge in [-0.2, -0.15) is 4.98 Å². The molecule has 3 heterocycles. The summed E-state index contributed by atoms with van der Waals surface area (Å²) < 4.78 is 15.2. The van der Waals surface area contributed by atoms with Crippen LogP contribution in [0, 0.1) is 19.7 Å². The highest BCUT2D eigenvalue weighted by Gasteiger charge is 2.26. The first-order valence-electron chi connectivity index (χ1n) is 13.1. The summed E-state index contributed by atoms with van der Waals surface area (Å²) in [5.74, 6) is 1.20. The molecule has 38 heavy (non-hydrogen) atoms. The van der Waals surface area contributed by atoms with Crippen LogP contribution in [0.4, 0.5) is 27.7 Å². The zero-order valence-electron chi connectivity index (χ0n) is 22.4. The number of likely N-dealkylation sites (tertiary alicyclic amines) is 1. The first kappa shape index (κ1) is 27.7. The number of nitrogens with zero attached hydrogens (tertiary/aromatic N) is 5. The van der Waals surface area contributed by atoms with Crippen LogP contribution in [0.1, 0.15) is 49.3 Å². The van der Waals surface area contributed by atoms with Crippen LogP contribution in [-0.2, 0) is 4.79 Å². The number of aryl methyl sites for hydroxylation is 2. The second-order valence-corrected chi connectivity index (χ2v) is 10.1. The van der Waals surface area contributed by atoms with Crippen LogP contribution in [0.3, 0.4) is 0 Å². The molecule has 4 rings (SSSR count). The van der Waals surface area contributed by atoms with Gasteiger partial charge in [0.15, 0.2) is 5.82 Å². The second-order valence-electron chi connectivity index (χ2n) is 9.66. The average Bonchev–Trinajstić information content (AvgIpc) is 2.91. The van der Waals surface area contributed by atoms with Crippen molar-refractivity contribution in [3.8, 4) is 0 Å². The quantitative estimate of drug-likeness (QED) is 0.354. The monoisotopic (exact) mass is 539 g/mol. The lowest BCUT2D eigenvalue weighted by molar-refractivity contribution is -0.133. The molecule has 202 valence electrons. The second kappa shape index (κ2) is 12.5. The van der Waals surface area contributed by atoms with E-state index in [1.165, 1.54) is 6.20 Å². The number of hydrogen-bond donors (Lipinski definition) is 2. The van der Waals surface area contributed by atoms with Crippen LogP contribution >= 0.6 is 11.6 Å². The van der Waals surface area contributed by atoms with Gasteiger partial charge in [0.25, 0.3) is 0 Å². The molecule has 0 saturated carbocycles. The molecule has 1 fully saturated rings. The number of rotatable bonds is 9. The van der Waals surface area contributed by atoms with E-state index in [1.807, 2.05) is 30.9 Å². The molecular formula is C28H35ClFN7O. The molecule has 1 aromatic carbocycles. The Labute approximate surface area is 228 Å². The van der Waals surface area contributed by atoms with Crippen LogP contribution in [-0.4, -0.2) is 63.4 Å². The third-order valence-corrected chi connectivity index (χ3v) is 7.33. The topological polar surface area (TPSA) is 86.3 Å². The van der Waals surface area contributed by atoms with Gasteiger partial charge in [-0.05, 0) is 86.7 Å². The van der Waals surface area contributed by atoms with Crippen LogP contribution in [0.5, 0.6) is 0 Å². The van der Waals surface area contributed by atoms with Gasteiger partial charge in [0, 0.05) is 19.3 Å². The molecule has 2 aromatic heterocycles. The van der Waals surface area contributed by atoms with Gasteiger partial charge in [-0.1, -0.05) is 25.4 Å². The Kier molecular flexibility index (Phi) is 9.12. The van der Waals surface area contributed by atoms with Gasteiger partial charge in [-0.3, -0.25) is 9.69 Å². The van der Waals surface area contributed by atoms with Crippen molar-refractivity contribution in [1.82, 2.24) is 24.8 Å². The predicted octanol–water partition coefficient (Wildman–Crippen LogP) is 5.82. The maximum absolute atomic E-state index is 15.2. The maximum Gasteiger partial charge on any atom is 0.236 e. The number of halogens is 2. The van der Waals surface area contributed by atoms with Crippen molar-refractivity contribution in [3.05, 3.63) is 64.2 Å². The minimum atomic E-state index is -0.376. The van der Waals surface area contributed by atoms with E-state index in [0.29, 0.717) is 42.0 Å². The van der Waals surface area contributed by atoms with E-state index in [9.17, 15) is 4.79 Å². The molecule has 8 nitrogen and oxygen atoms in total. The molecule has 0 aliphatic carbocycles. The molecule has 1 saturated heterocycles. The number of carbonyl (C=O) groups is 1. The van der Waals surface area contributed by atoms with Gasteiger partial charge in [-0.25, -0.2) is 14.4 Å². The summed E-state index contributed by atoms with van der Waals surface area (Å²) in [5.41, 5.74) is 3.30. The van der Waals surface area contributed by atoms with Crippen LogP contribution in [0.25, 0.3) is 0 Å². The van der Waals surface area contributed by atoms with Crippen LogP contribution in [0.2, 0.25) is 5.02 Å². The summed E-state index contributed by atoms with van der Waals surface area (Å²) in [4.78, 5) is 29.6. The number of likely N-dealkylation sites (N-methyl/N-ethyl adjacent to an activating group) is 1. The number of amides is 1. The zero-order chi connectivity index (χ0) is 27.2. The Morgan fingerprint density at radius 1 is 1.13 bits per heavy atom. The average molecular weight is 540 g/mol. The number of hydrogen-bond acceptors (Lipinski definition) is 7. The Morgan fingerprint density at radius 2 is 1.87 bits per heavy atom. The number of anilines is 4. The largest absolute Gasteiger partial charge is 0.342 e. The SMILES string of the molecule is CCN(CC)CC(=O)N1CCC(c2cc(F)c(Nc3ncc(Cl)c(Nc4cc(C)ccn4)n3)cc2C)CC1. The molecule has 0 atom stereocenters. The summed E-state index contributed by atoms with van der Waals surface area (Å²) in [6, 6.07) is 7.15. The Morgan fingerprint density at radius 3 is 2.55 bits per heavy atom. The lowest BCUT2D eigenvalue weighted by Crippen LogP contribution is -2.43. The van der Waals surface area contributed by atoms with Crippen molar-refractivity contribution in [2.45, 2.75) is 46.5 Å². The summed E-state index contributed by atoms with van der Waals surface area (Å²) in [6.45, 7) is 11.6. The van der Waals surface area contributed by atoms with E-state index in [2.05, 4.69) is 44.3 Å². The molecule has 0 spiro atoms. The van der Waals surface area contributed by atoms with E-state index in [4.69, 9.17) is 11.6 Å². The summed E-state index contributed by atoms with van der Waals surface area (Å²) >= 11 is 6.28. The van der Waals surface area contributed by atoms with Gasteiger partial charge >= 0.3 is 0 Å². The number of nitrogens with one attached hydrogen (secondary N) is 2. The van der Waals surface area contributed by atoms with Gasteiger partial charge in [0.1, 0.15) is 16.7 Å². The summed E-state index contributed by atoms with van der Waals surface area (Å²) in [5, 5.41) is 6.40. The van der Waals surface area contributed by atoms with E-state index in [1.54, 1.807) is 18.3 Å². The highest BCUT2D eigenvalue weighted by atomic mass is 35.5. The van der Waals surface area contributed by atoms with Crippen molar-refractivity contribution in [2.24, 2.45) is 0 Å². The highest BCUT2D eigenvalue weighted by Crippen LogP contribution is 2.34. The third-order valence-electron chi connectivity index (χ3n) is 7.05. The number of carbonyl (C=O) groups excluding carboxylic acids is 1. The van der Waals surface area contributed by atoms with Crippen molar-refractivity contribution < 1.29 is 9.18 Å². The fourth-order valence-electron chi connectivity index (χ4n) is 4.77. The number of aromatic nitrogens is 3. The third kappa shape index (κ3) is 6.76. The molecule has 2 N–H and O–H groups in total. The number of pyridine rings is 1. The smallest absolute Gasteiger partial charge is 0.236 e. The van der Waals surface area contributed by atoms with Gasteiger partial charge in [-0.15, -0.1) is 0 Å². The highest BCUT2D eigenvalue weighted by molar-refractivity contribution is 6.32. The molecule has 1 amide bonds. The molecule has 1 aliphatic rings. The van der Waals surface area contributed by atoms with Crippen molar-refractivity contribution in [2.75, 3.05) is 43.4 Å². The number of piperidine rings is 1. The van der Waals surface area contributed by atoms with E-state index in [-0.39, 0.29) is 23.6 Å². The Balaban J connectivity index is 1.43. The molecule has 0 bridgehead atoms. The lowest BCUT2D eigenvalue weighted by atomic mass is 9.86. The summed E-state index contributed by atoms with van der Waals surface area (Å²) in [7, 11) is 0. The minimum absolute atomic E-state index is 0.171.